The van der Waals surface area contributed by atoms with E-state index < -0.39 is 0 Å². The molecule has 0 unspecified atom stereocenters. The summed E-state index contributed by atoms with van der Waals surface area (Å²) in [7, 11) is 0. The molecule has 0 fully saturated rings. The van der Waals surface area contributed by atoms with Crippen LogP contribution in [0.15, 0.2) is 22.7 Å². The number of benzene rings is 1. The highest BCUT2D eigenvalue weighted by atomic mass is 79.9. The van der Waals surface area contributed by atoms with E-state index in [0.717, 1.165) is 10.0 Å². The van der Waals surface area contributed by atoms with Crippen molar-refractivity contribution in [3.05, 3.63) is 28.2 Å². The number of halogens is 1. The van der Waals surface area contributed by atoms with E-state index in [1.54, 1.807) is 6.07 Å². The zero-order valence-electron chi connectivity index (χ0n) is 10.9. The van der Waals surface area contributed by atoms with Gasteiger partial charge in [-0.3, -0.25) is 4.79 Å². The quantitative estimate of drug-likeness (QED) is 0.895. The zero-order chi connectivity index (χ0) is 13.8. The second-order valence-electron chi connectivity index (χ2n) is 5.04. The number of carbonyl (C=O) groups excluding carboxylic acids is 1. The van der Waals surface area contributed by atoms with Gasteiger partial charge in [0.05, 0.1) is 0 Å². The number of ether oxygens (including phenoxy) is 1. The van der Waals surface area contributed by atoms with Crippen molar-refractivity contribution >= 4 is 21.8 Å². The fraction of sp³-hybridized carbons (Fsp3) is 0.462. The summed E-state index contributed by atoms with van der Waals surface area (Å²) in [5.74, 6) is 0.498. The van der Waals surface area contributed by atoms with Gasteiger partial charge in [0.1, 0.15) is 5.75 Å². The Kier molecular flexibility index (Phi) is 5.16. The number of amides is 1. The minimum atomic E-state index is -0.253. The number of nitrogens with one attached hydrogen (secondary N) is 1. The van der Waals surface area contributed by atoms with Crippen LogP contribution in [0.3, 0.4) is 0 Å². The lowest BCUT2D eigenvalue weighted by Gasteiger charge is -2.20. The second kappa shape index (κ2) is 6.20. The molecule has 0 bridgehead atoms. The van der Waals surface area contributed by atoms with Gasteiger partial charge in [0.15, 0.2) is 6.61 Å². The molecule has 5 heteroatoms. The van der Waals surface area contributed by atoms with E-state index >= 15 is 0 Å². The van der Waals surface area contributed by atoms with Crippen LogP contribution >= 0.6 is 15.9 Å². The molecule has 1 amide bonds. The van der Waals surface area contributed by atoms with E-state index in [9.17, 15) is 4.79 Å². The molecular weight excluding hydrogens is 296 g/mol. The Morgan fingerprint density at radius 2 is 2.11 bits per heavy atom. The Labute approximate surface area is 116 Å². The molecule has 0 radical (unpaired) electrons. The minimum absolute atomic E-state index is 0.00803. The molecule has 18 heavy (non-hydrogen) atoms. The first-order chi connectivity index (χ1) is 8.31. The van der Waals surface area contributed by atoms with Crippen LogP contribution in [-0.2, 0) is 11.3 Å². The highest BCUT2D eigenvalue weighted by molar-refractivity contribution is 9.10. The lowest BCUT2D eigenvalue weighted by molar-refractivity contribution is -0.124. The predicted octanol–water partition coefficient (Wildman–Crippen LogP) is 2.20. The summed E-state index contributed by atoms with van der Waals surface area (Å²) in [5, 5.41) is 2.83. The molecule has 0 aromatic heterocycles. The Hall–Kier alpha value is -1.07. The summed E-state index contributed by atoms with van der Waals surface area (Å²) in [5.41, 5.74) is 6.24. The van der Waals surface area contributed by atoms with Gasteiger partial charge in [-0.05, 0) is 39.0 Å². The highest BCUT2D eigenvalue weighted by Gasteiger charge is 2.14. The van der Waals surface area contributed by atoms with Crippen LogP contribution in [0.5, 0.6) is 5.75 Å². The Morgan fingerprint density at radius 3 is 2.67 bits per heavy atom. The van der Waals surface area contributed by atoms with Crippen LogP contribution in [0, 0.1) is 0 Å². The van der Waals surface area contributed by atoms with Crippen LogP contribution in [0.25, 0.3) is 0 Å². The van der Waals surface area contributed by atoms with E-state index in [1.807, 2.05) is 32.9 Å². The van der Waals surface area contributed by atoms with Crippen molar-refractivity contribution in [3.8, 4) is 5.75 Å². The van der Waals surface area contributed by atoms with Crippen LogP contribution in [0.4, 0.5) is 0 Å². The highest BCUT2D eigenvalue weighted by Crippen LogP contribution is 2.22. The molecule has 1 aromatic carbocycles. The Morgan fingerprint density at radius 1 is 1.44 bits per heavy atom. The molecule has 0 aliphatic carbocycles. The van der Waals surface area contributed by atoms with Gasteiger partial charge in [-0.15, -0.1) is 0 Å². The van der Waals surface area contributed by atoms with E-state index in [2.05, 4.69) is 21.2 Å². The van der Waals surface area contributed by atoms with Crippen molar-refractivity contribution in [3.63, 3.8) is 0 Å². The SMILES string of the molecule is CC(C)(C)NC(=O)COc1ccc(Br)cc1CN. The smallest absolute Gasteiger partial charge is 0.258 e. The molecule has 0 aliphatic heterocycles. The molecule has 0 saturated carbocycles. The van der Waals surface area contributed by atoms with Crippen molar-refractivity contribution in [1.29, 1.82) is 0 Å². The average Bonchev–Trinajstić information content (AvgIpc) is 2.24. The average molecular weight is 315 g/mol. The van der Waals surface area contributed by atoms with E-state index in [0.29, 0.717) is 12.3 Å². The summed E-state index contributed by atoms with van der Waals surface area (Å²) >= 11 is 3.37. The third kappa shape index (κ3) is 5.06. The third-order valence-electron chi connectivity index (χ3n) is 2.12. The normalized spacial score (nSPS) is 11.2. The van der Waals surface area contributed by atoms with E-state index in [-0.39, 0.29) is 18.1 Å². The van der Waals surface area contributed by atoms with Gasteiger partial charge in [0.25, 0.3) is 5.91 Å². The molecule has 0 atom stereocenters. The van der Waals surface area contributed by atoms with Gasteiger partial charge in [-0.25, -0.2) is 0 Å². The molecule has 0 heterocycles. The van der Waals surface area contributed by atoms with Crippen molar-refractivity contribution in [2.24, 2.45) is 5.73 Å². The lowest BCUT2D eigenvalue weighted by atomic mass is 10.1. The Bertz CT molecular complexity index is 427. The summed E-state index contributed by atoms with van der Waals surface area (Å²) < 4.78 is 6.42. The summed E-state index contributed by atoms with van der Waals surface area (Å²) in [6, 6.07) is 5.55. The minimum Gasteiger partial charge on any atom is -0.483 e. The number of carbonyl (C=O) groups is 1. The van der Waals surface area contributed by atoms with Crippen molar-refractivity contribution < 1.29 is 9.53 Å². The summed E-state index contributed by atoms with van der Waals surface area (Å²) in [4.78, 5) is 11.6. The molecule has 0 saturated heterocycles. The zero-order valence-corrected chi connectivity index (χ0v) is 12.5. The maximum Gasteiger partial charge on any atom is 0.258 e. The molecule has 3 N–H and O–H groups in total. The molecule has 0 aliphatic rings. The maximum atomic E-state index is 11.6. The lowest BCUT2D eigenvalue weighted by Crippen LogP contribution is -2.43. The summed E-state index contributed by atoms with van der Waals surface area (Å²) in [6.45, 7) is 6.14. The maximum absolute atomic E-state index is 11.6. The van der Waals surface area contributed by atoms with Gasteiger partial charge in [-0.2, -0.15) is 0 Å². The largest absolute Gasteiger partial charge is 0.483 e. The molecule has 4 nitrogen and oxygen atoms in total. The van der Waals surface area contributed by atoms with E-state index in [4.69, 9.17) is 10.5 Å². The van der Waals surface area contributed by atoms with Crippen LogP contribution in [0.2, 0.25) is 0 Å². The molecule has 1 aromatic rings. The van der Waals surface area contributed by atoms with Crippen molar-refractivity contribution in [2.45, 2.75) is 32.9 Å². The van der Waals surface area contributed by atoms with Crippen molar-refractivity contribution in [1.82, 2.24) is 5.32 Å². The van der Waals surface area contributed by atoms with Gasteiger partial charge in [-0.1, -0.05) is 15.9 Å². The van der Waals surface area contributed by atoms with Gasteiger partial charge in [0, 0.05) is 22.1 Å². The first-order valence-electron chi connectivity index (χ1n) is 5.74. The molecule has 1 rings (SSSR count). The topological polar surface area (TPSA) is 64.3 Å². The fourth-order valence-electron chi connectivity index (χ4n) is 1.45. The fourth-order valence-corrected chi connectivity index (χ4v) is 1.85. The number of hydrogen-bond donors (Lipinski definition) is 2. The van der Waals surface area contributed by atoms with E-state index in [1.165, 1.54) is 0 Å². The number of hydrogen-bond acceptors (Lipinski definition) is 3. The third-order valence-corrected chi connectivity index (χ3v) is 2.61. The van der Waals surface area contributed by atoms with Gasteiger partial charge >= 0.3 is 0 Å². The second-order valence-corrected chi connectivity index (χ2v) is 5.96. The summed E-state index contributed by atoms with van der Waals surface area (Å²) in [6.07, 6.45) is 0. The van der Waals surface area contributed by atoms with Crippen LogP contribution in [0.1, 0.15) is 26.3 Å². The molecular formula is C13H19BrN2O2. The number of rotatable bonds is 4. The monoisotopic (exact) mass is 314 g/mol. The Balaban J connectivity index is 2.61. The van der Waals surface area contributed by atoms with Gasteiger partial charge < -0.3 is 15.8 Å². The first-order valence-corrected chi connectivity index (χ1v) is 6.53. The van der Waals surface area contributed by atoms with Gasteiger partial charge in [0.2, 0.25) is 0 Å². The number of nitrogens with two attached hydrogens (primary N) is 1. The molecule has 100 valence electrons. The van der Waals surface area contributed by atoms with Crippen LogP contribution < -0.4 is 15.8 Å². The molecule has 0 spiro atoms. The standard InChI is InChI=1S/C13H19BrN2O2/c1-13(2,3)16-12(17)8-18-11-5-4-10(14)6-9(11)7-15/h4-6H,7-8,15H2,1-3H3,(H,16,17). The first kappa shape index (κ1) is 15.0. The predicted molar refractivity (Wildman–Crippen MR) is 75.4 cm³/mol. The van der Waals surface area contributed by atoms with Crippen LogP contribution in [-0.4, -0.2) is 18.1 Å². The van der Waals surface area contributed by atoms with Crippen molar-refractivity contribution in [2.75, 3.05) is 6.61 Å².